The molecule has 2 N–H and O–H groups in total. The highest BCUT2D eigenvalue weighted by molar-refractivity contribution is 5.14. The topological polar surface area (TPSA) is 29.3 Å². The van der Waals surface area contributed by atoms with Gasteiger partial charge in [-0.3, -0.25) is 0 Å². The summed E-state index contributed by atoms with van der Waals surface area (Å²) in [4.78, 5) is 2.36. The number of rotatable bonds is 4. The second kappa shape index (κ2) is 3.25. The van der Waals surface area contributed by atoms with Crippen molar-refractivity contribution in [2.45, 2.75) is 52.1 Å². The van der Waals surface area contributed by atoms with Crippen LogP contribution in [0.1, 0.15) is 40.5 Å². The molecular weight excluding hydrogens is 160 g/mol. The molecule has 1 rings (SSSR count). The Morgan fingerprint density at radius 3 is 2.15 bits per heavy atom. The summed E-state index contributed by atoms with van der Waals surface area (Å²) in [6, 6.07) is 0.630. The van der Waals surface area contributed by atoms with Gasteiger partial charge in [-0.1, -0.05) is 13.8 Å². The van der Waals surface area contributed by atoms with Crippen molar-refractivity contribution in [3.05, 3.63) is 0 Å². The molecule has 1 fully saturated rings. The fourth-order valence-electron chi connectivity index (χ4n) is 1.81. The molecule has 0 spiro atoms. The SMILES string of the molecule is CC(C)N(C)CCC1(N)CC1(C)C. The summed E-state index contributed by atoms with van der Waals surface area (Å²) in [5.74, 6) is 0. The standard InChI is InChI=1S/C11H24N2/c1-9(2)13(5)7-6-11(12)8-10(11,3)4/h9H,6-8,12H2,1-5H3. The number of hydrogen-bond donors (Lipinski definition) is 1. The van der Waals surface area contributed by atoms with Crippen LogP contribution in [0.2, 0.25) is 0 Å². The second-order valence-electron chi connectivity index (χ2n) is 5.54. The Morgan fingerprint density at radius 1 is 1.38 bits per heavy atom. The van der Waals surface area contributed by atoms with E-state index >= 15 is 0 Å². The van der Waals surface area contributed by atoms with Crippen molar-refractivity contribution in [2.75, 3.05) is 13.6 Å². The van der Waals surface area contributed by atoms with Gasteiger partial charge in [-0.15, -0.1) is 0 Å². The zero-order chi connectivity index (χ0) is 10.3. The van der Waals surface area contributed by atoms with Gasteiger partial charge in [0.2, 0.25) is 0 Å². The molecule has 78 valence electrons. The van der Waals surface area contributed by atoms with E-state index in [1.54, 1.807) is 0 Å². The summed E-state index contributed by atoms with van der Waals surface area (Å²) in [5.41, 5.74) is 6.75. The van der Waals surface area contributed by atoms with E-state index in [4.69, 9.17) is 5.73 Å². The maximum Gasteiger partial charge on any atom is 0.0224 e. The first-order valence-electron chi connectivity index (χ1n) is 5.28. The van der Waals surface area contributed by atoms with E-state index in [0.717, 1.165) is 13.0 Å². The van der Waals surface area contributed by atoms with E-state index in [9.17, 15) is 0 Å². The maximum atomic E-state index is 6.25. The van der Waals surface area contributed by atoms with Crippen molar-refractivity contribution in [3.8, 4) is 0 Å². The molecule has 2 heteroatoms. The van der Waals surface area contributed by atoms with Gasteiger partial charge in [-0.25, -0.2) is 0 Å². The Kier molecular flexibility index (Phi) is 2.75. The predicted octanol–water partition coefficient (Wildman–Crippen LogP) is 1.84. The Morgan fingerprint density at radius 2 is 1.85 bits per heavy atom. The van der Waals surface area contributed by atoms with Crippen LogP contribution < -0.4 is 5.73 Å². The van der Waals surface area contributed by atoms with Crippen LogP contribution in [0.25, 0.3) is 0 Å². The lowest BCUT2D eigenvalue weighted by molar-refractivity contribution is 0.252. The van der Waals surface area contributed by atoms with Crippen LogP contribution in [0.15, 0.2) is 0 Å². The van der Waals surface area contributed by atoms with Crippen molar-refractivity contribution >= 4 is 0 Å². The molecule has 0 bridgehead atoms. The van der Waals surface area contributed by atoms with Crippen LogP contribution in [0.5, 0.6) is 0 Å². The van der Waals surface area contributed by atoms with Gasteiger partial charge in [0.1, 0.15) is 0 Å². The van der Waals surface area contributed by atoms with Gasteiger partial charge >= 0.3 is 0 Å². The van der Waals surface area contributed by atoms with Crippen molar-refractivity contribution < 1.29 is 0 Å². The quantitative estimate of drug-likeness (QED) is 0.722. The minimum atomic E-state index is 0.121. The Balaban J connectivity index is 2.29. The largest absolute Gasteiger partial charge is 0.325 e. The summed E-state index contributed by atoms with van der Waals surface area (Å²) in [6.07, 6.45) is 2.32. The van der Waals surface area contributed by atoms with E-state index in [0.29, 0.717) is 11.5 Å². The van der Waals surface area contributed by atoms with Crippen molar-refractivity contribution in [1.29, 1.82) is 0 Å². The zero-order valence-corrected chi connectivity index (χ0v) is 9.72. The lowest BCUT2D eigenvalue weighted by Gasteiger charge is -2.24. The average molecular weight is 184 g/mol. The van der Waals surface area contributed by atoms with E-state index < -0.39 is 0 Å². The molecule has 2 nitrogen and oxygen atoms in total. The Bertz CT molecular complexity index is 187. The summed E-state index contributed by atoms with van der Waals surface area (Å²) in [5, 5.41) is 0. The fraction of sp³-hybridized carbons (Fsp3) is 1.00. The average Bonchev–Trinajstić information content (AvgIpc) is 2.47. The van der Waals surface area contributed by atoms with Gasteiger partial charge < -0.3 is 10.6 Å². The monoisotopic (exact) mass is 184 g/mol. The summed E-state index contributed by atoms with van der Waals surface area (Å²) >= 11 is 0. The molecule has 1 saturated carbocycles. The second-order valence-corrected chi connectivity index (χ2v) is 5.54. The van der Waals surface area contributed by atoms with Crippen LogP contribution in [0.4, 0.5) is 0 Å². The molecule has 13 heavy (non-hydrogen) atoms. The number of hydrogen-bond acceptors (Lipinski definition) is 2. The van der Waals surface area contributed by atoms with E-state index in [-0.39, 0.29) is 5.54 Å². The molecule has 0 saturated heterocycles. The van der Waals surface area contributed by atoms with Crippen molar-refractivity contribution in [3.63, 3.8) is 0 Å². The molecule has 1 aliphatic rings. The first-order chi connectivity index (χ1) is 5.78. The van der Waals surface area contributed by atoms with E-state index in [2.05, 4.69) is 39.6 Å². The minimum Gasteiger partial charge on any atom is -0.325 e. The highest BCUT2D eigenvalue weighted by atomic mass is 15.1. The molecule has 1 atom stereocenters. The normalized spacial score (nSPS) is 31.4. The van der Waals surface area contributed by atoms with Gasteiger partial charge in [-0.2, -0.15) is 0 Å². The molecular formula is C11H24N2. The van der Waals surface area contributed by atoms with Gasteiger partial charge in [0, 0.05) is 11.6 Å². The Labute approximate surface area is 82.5 Å². The first kappa shape index (κ1) is 11.0. The van der Waals surface area contributed by atoms with Crippen molar-refractivity contribution in [1.82, 2.24) is 4.90 Å². The van der Waals surface area contributed by atoms with E-state index in [1.165, 1.54) is 6.42 Å². The lowest BCUT2D eigenvalue weighted by atomic mass is 10.0. The number of nitrogens with two attached hydrogens (primary N) is 1. The zero-order valence-electron chi connectivity index (χ0n) is 9.72. The molecule has 0 aromatic heterocycles. The van der Waals surface area contributed by atoms with Gasteiger partial charge in [0.05, 0.1) is 0 Å². The molecule has 1 aliphatic carbocycles. The van der Waals surface area contributed by atoms with E-state index in [1.807, 2.05) is 0 Å². The van der Waals surface area contributed by atoms with Crippen LogP contribution in [-0.4, -0.2) is 30.1 Å². The summed E-state index contributed by atoms with van der Waals surface area (Å²) < 4.78 is 0. The molecule has 0 amide bonds. The third-order valence-electron chi connectivity index (χ3n) is 3.77. The lowest BCUT2D eigenvalue weighted by Crippen LogP contribution is -2.35. The highest BCUT2D eigenvalue weighted by Crippen LogP contribution is 2.55. The molecule has 0 aliphatic heterocycles. The van der Waals surface area contributed by atoms with Crippen LogP contribution in [0, 0.1) is 5.41 Å². The van der Waals surface area contributed by atoms with Crippen LogP contribution in [-0.2, 0) is 0 Å². The first-order valence-corrected chi connectivity index (χ1v) is 5.28. The summed E-state index contributed by atoms with van der Waals surface area (Å²) in [6.45, 7) is 10.1. The predicted molar refractivity (Wildman–Crippen MR) is 57.7 cm³/mol. The fourth-order valence-corrected chi connectivity index (χ4v) is 1.81. The maximum absolute atomic E-state index is 6.25. The molecule has 0 aromatic rings. The van der Waals surface area contributed by atoms with Gasteiger partial charge in [-0.05, 0) is 45.7 Å². The highest BCUT2D eigenvalue weighted by Gasteiger charge is 2.57. The molecule has 1 unspecified atom stereocenters. The minimum absolute atomic E-state index is 0.121. The summed E-state index contributed by atoms with van der Waals surface area (Å²) in [7, 11) is 2.17. The Hall–Kier alpha value is -0.0800. The third kappa shape index (κ3) is 2.23. The molecule has 0 heterocycles. The van der Waals surface area contributed by atoms with Crippen LogP contribution >= 0.6 is 0 Å². The van der Waals surface area contributed by atoms with Gasteiger partial charge in [0.15, 0.2) is 0 Å². The van der Waals surface area contributed by atoms with Crippen LogP contribution in [0.3, 0.4) is 0 Å². The molecule has 0 aromatic carbocycles. The van der Waals surface area contributed by atoms with Crippen molar-refractivity contribution in [2.24, 2.45) is 11.1 Å². The number of nitrogens with zero attached hydrogens (tertiary/aromatic N) is 1. The smallest absolute Gasteiger partial charge is 0.0224 e. The third-order valence-corrected chi connectivity index (χ3v) is 3.77. The molecule has 0 radical (unpaired) electrons. The van der Waals surface area contributed by atoms with Gasteiger partial charge in [0.25, 0.3) is 0 Å².